The highest BCUT2D eigenvalue weighted by atomic mass is 15.4. The molecule has 0 bridgehead atoms. The SMILES string of the molecule is Cn1nnc2c(-c3ccccc3)cccc21. The van der Waals surface area contributed by atoms with E-state index in [1.54, 1.807) is 4.68 Å². The second-order valence-electron chi connectivity index (χ2n) is 3.75. The van der Waals surface area contributed by atoms with E-state index >= 15 is 0 Å². The third kappa shape index (κ3) is 1.29. The second-order valence-corrected chi connectivity index (χ2v) is 3.75. The van der Waals surface area contributed by atoms with Crippen LogP contribution in [0, 0.1) is 0 Å². The second kappa shape index (κ2) is 3.45. The van der Waals surface area contributed by atoms with Gasteiger partial charge in [-0.15, -0.1) is 5.10 Å². The average Bonchev–Trinajstić information content (AvgIpc) is 2.73. The highest BCUT2D eigenvalue weighted by molar-refractivity contribution is 5.91. The maximum Gasteiger partial charge on any atom is 0.120 e. The van der Waals surface area contributed by atoms with Crippen LogP contribution in [0.25, 0.3) is 22.2 Å². The first kappa shape index (κ1) is 9.09. The molecule has 1 aromatic heterocycles. The van der Waals surface area contributed by atoms with Crippen molar-refractivity contribution in [2.75, 3.05) is 0 Å². The van der Waals surface area contributed by atoms with E-state index in [0.29, 0.717) is 0 Å². The van der Waals surface area contributed by atoms with Gasteiger partial charge in [0, 0.05) is 12.6 Å². The molecule has 0 aliphatic heterocycles. The van der Waals surface area contributed by atoms with Gasteiger partial charge in [-0.25, -0.2) is 4.68 Å². The Morgan fingerprint density at radius 3 is 2.56 bits per heavy atom. The Morgan fingerprint density at radius 2 is 1.75 bits per heavy atom. The Hall–Kier alpha value is -2.16. The molecule has 3 heteroatoms. The summed E-state index contributed by atoms with van der Waals surface area (Å²) in [6.45, 7) is 0. The predicted molar refractivity (Wildman–Crippen MR) is 63.9 cm³/mol. The summed E-state index contributed by atoms with van der Waals surface area (Å²) in [5.74, 6) is 0. The quantitative estimate of drug-likeness (QED) is 0.616. The van der Waals surface area contributed by atoms with Gasteiger partial charge in [-0.3, -0.25) is 0 Å². The minimum Gasteiger partial charge on any atom is -0.248 e. The molecule has 3 nitrogen and oxygen atoms in total. The minimum absolute atomic E-state index is 0.955. The number of benzene rings is 2. The molecule has 3 aromatic rings. The predicted octanol–water partition coefficient (Wildman–Crippen LogP) is 2.64. The van der Waals surface area contributed by atoms with Crippen molar-refractivity contribution in [1.82, 2.24) is 15.0 Å². The standard InChI is InChI=1S/C13H11N3/c1-16-12-9-5-8-11(13(12)14-15-16)10-6-3-2-4-7-10/h2-9H,1H3. The lowest BCUT2D eigenvalue weighted by atomic mass is 10.0. The van der Waals surface area contributed by atoms with E-state index in [0.717, 1.165) is 16.6 Å². The van der Waals surface area contributed by atoms with Crippen molar-refractivity contribution in [3.63, 3.8) is 0 Å². The zero-order chi connectivity index (χ0) is 11.0. The van der Waals surface area contributed by atoms with Gasteiger partial charge >= 0.3 is 0 Å². The van der Waals surface area contributed by atoms with Crippen molar-refractivity contribution in [2.45, 2.75) is 0 Å². The first-order valence-corrected chi connectivity index (χ1v) is 5.20. The Kier molecular flexibility index (Phi) is 1.96. The van der Waals surface area contributed by atoms with Crippen molar-refractivity contribution in [3.05, 3.63) is 48.5 Å². The summed E-state index contributed by atoms with van der Waals surface area (Å²) in [5, 5.41) is 8.26. The van der Waals surface area contributed by atoms with E-state index < -0.39 is 0 Å². The highest BCUT2D eigenvalue weighted by Crippen LogP contribution is 2.26. The first-order chi connectivity index (χ1) is 7.86. The van der Waals surface area contributed by atoms with Crippen LogP contribution >= 0.6 is 0 Å². The molecule has 2 aromatic carbocycles. The summed E-state index contributed by atoms with van der Waals surface area (Å²) in [4.78, 5) is 0. The van der Waals surface area contributed by atoms with E-state index in [2.05, 4.69) is 28.5 Å². The largest absolute Gasteiger partial charge is 0.248 e. The van der Waals surface area contributed by atoms with E-state index in [4.69, 9.17) is 0 Å². The lowest BCUT2D eigenvalue weighted by molar-refractivity contribution is 0.736. The van der Waals surface area contributed by atoms with E-state index in [-0.39, 0.29) is 0 Å². The van der Waals surface area contributed by atoms with Crippen LogP contribution in [-0.4, -0.2) is 15.0 Å². The molecule has 0 unspecified atom stereocenters. The van der Waals surface area contributed by atoms with E-state index in [1.165, 1.54) is 5.56 Å². The van der Waals surface area contributed by atoms with E-state index in [1.807, 2.05) is 37.4 Å². The van der Waals surface area contributed by atoms with Gasteiger partial charge in [0.15, 0.2) is 0 Å². The fourth-order valence-corrected chi connectivity index (χ4v) is 1.91. The van der Waals surface area contributed by atoms with Crippen LogP contribution in [0.1, 0.15) is 0 Å². The van der Waals surface area contributed by atoms with Gasteiger partial charge in [0.25, 0.3) is 0 Å². The molecular formula is C13H11N3. The molecule has 0 aliphatic rings. The lowest BCUT2D eigenvalue weighted by Crippen LogP contribution is -1.88. The topological polar surface area (TPSA) is 30.7 Å². The number of hydrogen-bond donors (Lipinski definition) is 0. The van der Waals surface area contributed by atoms with Crippen LogP contribution in [0.15, 0.2) is 48.5 Å². The number of rotatable bonds is 1. The van der Waals surface area contributed by atoms with Crippen LogP contribution < -0.4 is 0 Å². The van der Waals surface area contributed by atoms with Gasteiger partial charge in [0.05, 0.1) is 5.52 Å². The molecule has 0 radical (unpaired) electrons. The summed E-state index contributed by atoms with van der Waals surface area (Å²) in [5.41, 5.74) is 4.32. The maximum atomic E-state index is 4.21. The number of nitrogens with zero attached hydrogens (tertiary/aromatic N) is 3. The smallest absolute Gasteiger partial charge is 0.120 e. The highest BCUT2D eigenvalue weighted by Gasteiger charge is 2.07. The van der Waals surface area contributed by atoms with Crippen molar-refractivity contribution in [3.8, 4) is 11.1 Å². The van der Waals surface area contributed by atoms with Crippen LogP contribution in [0.5, 0.6) is 0 Å². The van der Waals surface area contributed by atoms with Gasteiger partial charge in [0.1, 0.15) is 5.52 Å². The third-order valence-corrected chi connectivity index (χ3v) is 2.73. The van der Waals surface area contributed by atoms with Crippen LogP contribution in [0.3, 0.4) is 0 Å². The van der Waals surface area contributed by atoms with Crippen molar-refractivity contribution in [1.29, 1.82) is 0 Å². The molecule has 0 spiro atoms. The monoisotopic (exact) mass is 209 g/mol. The zero-order valence-corrected chi connectivity index (χ0v) is 8.96. The summed E-state index contributed by atoms with van der Waals surface area (Å²) in [7, 11) is 1.91. The van der Waals surface area contributed by atoms with Gasteiger partial charge in [0.2, 0.25) is 0 Å². The maximum absolute atomic E-state index is 4.21. The molecule has 0 N–H and O–H groups in total. The fourth-order valence-electron chi connectivity index (χ4n) is 1.91. The molecule has 16 heavy (non-hydrogen) atoms. The van der Waals surface area contributed by atoms with Crippen molar-refractivity contribution in [2.24, 2.45) is 7.05 Å². The van der Waals surface area contributed by atoms with Crippen molar-refractivity contribution < 1.29 is 0 Å². The van der Waals surface area contributed by atoms with Gasteiger partial charge < -0.3 is 0 Å². The Morgan fingerprint density at radius 1 is 0.938 bits per heavy atom. The van der Waals surface area contributed by atoms with Gasteiger partial charge in [-0.1, -0.05) is 47.7 Å². The Bertz CT molecular complexity index is 626. The van der Waals surface area contributed by atoms with Crippen LogP contribution in [0.4, 0.5) is 0 Å². The van der Waals surface area contributed by atoms with Gasteiger partial charge in [-0.05, 0) is 11.6 Å². The summed E-state index contributed by atoms with van der Waals surface area (Å²) in [6.07, 6.45) is 0. The molecule has 78 valence electrons. The molecule has 0 aliphatic carbocycles. The van der Waals surface area contributed by atoms with Gasteiger partial charge in [-0.2, -0.15) is 0 Å². The fraction of sp³-hybridized carbons (Fsp3) is 0.0769. The summed E-state index contributed by atoms with van der Waals surface area (Å²) < 4.78 is 1.79. The number of fused-ring (bicyclic) bond motifs is 1. The molecule has 0 fully saturated rings. The minimum atomic E-state index is 0.955. The van der Waals surface area contributed by atoms with Crippen molar-refractivity contribution >= 4 is 11.0 Å². The lowest BCUT2D eigenvalue weighted by Gasteiger charge is -2.01. The Labute approximate surface area is 93.3 Å². The molecule has 0 saturated heterocycles. The normalized spacial score (nSPS) is 10.8. The summed E-state index contributed by atoms with van der Waals surface area (Å²) >= 11 is 0. The molecule has 1 heterocycles. The van der Waals surface area contributed by atoms with Crippen LogP contribution in [-0.2, 0) is 7.05 Å². The third-order valence-electron chi connectivity index (χ3n) is 2.73. The molecule has 0 saturated carbocycles. The molecule has 0 atom stereocenters. The zero-order valence-electron chi connectivity index (χ0n) is 8.96. The number of hydrogen-bond acceptors (Lipinski definition) is 2. The molecular weight excluding hydrogens is 198 g/mol. The van der Waals surface area contributed by atoms with Crippen LogP contribution in [0.2, 0.25) is 0 Å². The number of aryl methyl sites for hydroxylation is 1. The average molecular weight is 209 g/mol. The first-order valence-electron chi connectivity index (χ1n) is 5.20. The summed E-state index contributed by atoms with van der Waals surface area (Å²) in [6, 6.07) is 16.4. The van der Waals surface area contributed by atoms with E-state index in [9.17, 15) is 0 Å². The number of aromatic nitrogens is 3. The Balaban J connectivity index is 2.32. The molecule has 3 rings (SSSR count). The molecule has 0 amide bonds.